The van der Waals surface area contributed by atoms with Gasteiger partial charge in [-0.25, -0.2) is 4.68 Å². The third kappa shape index (κ3) is 3.32. The highest BCUT2D eigenvalue weighted by atomic mass is 16.2. The quantitative estimate of drug-likeness (QED) is 0.606. The molecule has 0 spiro atoms. The molecule has 1 N–H and O–H groups in total. The van der Waals surface area contributed by atoms with Gasteiger partial charge >= 0.3 is 0 Å². The standard InChI is InChI=1S/C20H21N5O4/c1-11(2)24-10-12(22-23-24)9-21-15-5-3-4-14-18(15)20(29)25(19(14)28)16-7-6-13(26)8-17(16)27/h3-5,10-11,16,21H,6-9H2,1-2H3. The lowest BCUT2D eigenvalue weighted by Crippen LogP contribution is -2.47. The Kier molecular flexibility index (Phi) is 4.73. The van der Waals surface area contributed by atoms with E-state index in [1.165, 1.54) is 0 Å². The van der Waals surface area contributed by atoms with Crippen molar-refractivity contribution in [3.8, 4) is 0 Å². The summed E-state index contributed by atoms with van der Waals surface area (Å²) in [6.07, 6.45) is 1.97. The van der Waals surface area contributed by atoms with Crippen molar-refractivity contribution in [3.63, 3.8) is 0 Å². The van der Waals surface area contributed by atoms with Gasteiger partial charge in [-0.1, -0.05) is 11.3 Å². The van der Waals surface area contributed by atoms with Crippen molar-refractivity contribution >= 4 is 29.1 Å². The van der Waals surface area contributed by atoms with E-state index in [2.05, 4.69) is 15.6 Å². The Bertz CT molecular complexity index is 1030. The number of nitrogens with zero attached hydrogens (tertiary/aromatic N) is 4. The molecule has 0 saturated heterocycles. The van der Waals surface area contributed by atoms with Crippen molar-refractivity contribution in [2.75, 3.05) is 5.32 Å². The lowest BCUT2D eigenvalue weighted by Gasteiger charge is -2.27. The highest BCUT2D eigenvalue weighted by Gasteiger charge is 2.45. The van der Waals surface area contributed by atoms with Crippen LogP contribution >= 0.6 is 0 Å². The maximum absolute atomic E-state index is 13.1. The normalized spacial score (nSPS) is 19.3. The number of imide groups is 1. The van der Waals surface area contributed by atoms with Gasteiger partial charge in [0.15, 0.2) is 5.78 Å². The summed E-state index contributed by atoms with van der Waals surface area (Å²) >= 11 is 0. The minimum atomic E-state index is -0.876. The van der Waals surface area contributed by atoms with Gasteiger partial charge in [0.1, 0.15) is 11.5 Å². The van der Waals surface area contributed by atoms with Crippen LogP contribution in [0.4, 0.5) is 5.69 Å². The van der Waals surface area contributed by atoms with E-state index in [-0.39, 0.29) is 48.0 Å². The number of nitrogens with one attached hydrogen (secondary N) is 1. The van der Waals surface area contributed by atoms with Crippen molar-refractivity contribution in [1.82, 2.24) is 19.9 Å². The first-order valence-electron chi connectivity index (χ1n) is 9.56. The van der Waals surface area contributed by atoms with Gasteiger partial charge < -0.3 is 5.32 Å². The first kappa shape index (κ1) is 19.0. The number of hydrogen-bond acceptors (Lipinski definition) is 7. The van der Waals surface area contributed by atoms with Crippen molar-refractivity contribution in [2.24, 2.45) is 0 Å². The van der Waals surface area contributed by atoms with Crippen LogP contribution in [0.25, 0.3) is 0 Å². The van der Waals surface area contributed by atoms with Gasteiger partial charge in [0, 0.05) is 18.2 Å². The summed E-state index contributed by atoms with van der Waals surface area (Å²) in [5, 5.41) is 11.3. The van der Waals surface area contributed by atoms with Gasteiger partial charge in [-0.3, -0.25) is 24.1 Å². The van der Waals surface area contributed by atoms with E-state index in [9.17, 15) is 19.2 Å². The molecular weight excluding hydrogens is 374 g/mol. The maximum atomic E-state index is 13.1. The topological polar surface area (TPSA) is 114 Å². The van der Waals surface area contributed by atoms with E-state index in [1.54, 1.807) is 22.9 Å². The zero-order valence-corrected chi connectivity index (χ0v) is 16.2. The second-order valence-corrected chi connectivity index (χ2v) is 7.58. The summed E-state index contributed by atoms with van der Waals surface area (Å²) in [5.74, 6) is -1.53. The second-order valence-electron chi connectivity index (χ2n) is 7.58. The van der Waals surface area contributed by atoms with E-state index in [0.29, 0.717) is 17.9 Å². The molecule has 1 saturated carbocycles. The van der Waals surface area contributed by atoms with Crippen molar-refractivity contribution in [2.45, 2.75) is 51.7 Å². The molecule has 1 aliphatic heterocycles. The van der Waals surface area contributed by atoms with Crippen LogP contribution in [0, 0.1) is 0 Å². The lowest BCUT2D eigenvalue weighted by molar-refractivity contribution is -0.132. The van der Waals surface area contributed by atoms with Gasteiger partial charge in [0.25, 0.3) is 11.8 Å². The van der Waals surface area contributed by atoms with E-state index in [0.717, 1.165) is 4.90 Å². The first-order valence-corrected chi connectivity index (χ1v) is 9.56. The number of benzene rings is 1. The molecule has 1 aromatic carbocycles. The maximum Gasteiger partial charge on any atom is 0.264 e. The number of anilines is 1. The molecule has 29 heavy (non-hydrogen) atoms. The fourth-order valence-electron chi connectivity index (χ4n) is 3.70. The fourth-order valence-corrected chi connectivity index (χ4v) is 3.70. The van der Waals surface area contributed by atoms with Crippen LogP contribution in [-0.2, 0) is 16.1 Å². The number of fused-ring (bicyclic) bond motifs is 1. The van der Waals surface area contributed by atoms with Crippen molar-refractivity contribution in [1.29, 1.82) is 0 Å². The van der Waals surface area contributed by atoms with Gasteiger partial charge in [-0.15, -0.1) is 5.10 Å². The highest BCUT2D eigenvalue weighted by Crippen LogP contribution is 2.33. The molecule has 1 fully saturated rings. The Morgan fingerprint density at radius 2 is 1.97 bits per heavy atom. The molecule has 2 aliphatic rings. The third-order valence-corrected chi connectivity index (χ3v) is 5.24. The molecule has 9 heteroatoms. The Balaban J connectivity index is 1.57. The number of carbonyl (C=O) groups excluding carboxylic acids is 4. The molecule has 0 radical (unpaired) electrons. The van der Waals surface area contributed by atoms with Crippen LogP contribution in [0.2, 0.25) is 0 Å². The minimum absolute atomic E-state index is 0.153. The fraction of sp³-hybridized carbons (Fsp3) is 0.400. The molecule has 1 unspecified atom stereocenters. The summed E-state index contributed by atoms with van der Waals surface area (Å²) in [5.41, 5.74) is 1.71. The monoisotopic (exact) mass is 395 g/mol. The molecule has 4 rings (SSSR count). The van der Waals surface area contributed by atoms with E-state index in [1.807, 2.05) is 20.0 Å². The Morgan fingerprint density at radius 3 is 2.66 bits per heavy atom. The number of hydrogen-bond donors (Lipinski definition) is 1. The zero-order chi connectivity index (χ0) is 20.7. The average molecular weight is 395 g/mol. The third-order valence-electron chi connectivity index (χ3n) is 5.24. The summed E-state index contributed by atoms with van der Waals surface area (Å²) in [7, 11) is 0. The van der Waals surface area contributed by atoms with E-state index in [4.69, 9.17) is 0 Å². The number of ketones is 2. The minimum Gasteiger partial charge on any atom is -0.379 e. The Labute approximate surface area is 167 Å². The molecule has 0 bridgehead atoms. The molecule has 9 nitrogen and oxygen atoms in total. The Hall–Kier alpha value is -3.36. The van der Waals surface area contributed by atoms with Gasteiger partial charge in [0.05, 0.1) is 36.3 Å². The van der Waals surface area contributed by atoms with Crippen LogP contribution in [0.3, 0.4) is 0 Å². The summed E-state index contributed by atoms with van der Waals surface area (Å²) in [6.45, 7) is 4.32. The second kappa shape index (κ2) is 7.23. The first-order chi connectivity index (χ1) is 13.9. The summed E-state index contributed by atoms with van der Waals surface area (Å²) in [4.78, 5) is 50.7. The number of carbonyl (C=O) groups is 4. The highest BCUT2D eigenvalue weighted by molar-refractivity contribution is 6.25. The van der Waals surface area contributed by atoms with E-state index < -0.39 is 17.9 Å². The van der Waals surface area contributed by atoms with Crippen LogP contribution in [-0.4, -0.2) is 49.3 Å². The number of Topliss-reactive ketones (excluding diaryl/α,β-unsaturated/α-hetero) is 2. The van der Waals surface area contributed by atoms with Gasteiger partial charge in [-0.05, 0) is 32.4 Å². The van der Waals surface area contributed by atoms with Crippen LogP contribution in [0.15, 0.2) is 24.4 Å². The van der Waals surface area contributed by atoms with Gasteiger partial charge in [-0.2, -0.15) is 0 Å². The molecule has 2 amide bonds. The summed E-state index contributed by atoms with van der Waals surface area (Å²) < 4.78 is 1.73. The largest absolute Gasteiger partial charge is 0.379 e. The molecule has 1 aliphatic carbocycles. The van der Waals surface area contributed by atoms with Crippen molar-refractivity contribution in [3.05, 3.63) is 41.2 Å². The molecular formula is C20H21N5O4. The van der Waals surface area contributed by atoms with E-state index >= 15 is 0 Å². The predicted molar refractivity (Wildman–Crippen MR) is 102 cm³/mol. The number of amides is 2. The van der Waals surface area contributed by atoms with Crippen LogP contribution < -0.4 is 5.32 Å². The molecule has 2 heterocycles. The molecule has 150 valence electrons. The molecule has 2 aromatic rings. The molecule has 1 aromatic heterocycles. The Morgan fingerprint density at radius 1 is 1.17 bits per heavy atom. The molecule has 1 atom stereocenters. The average Bonchev–Trinajstić information content (AvgIpc) is 3.25. The predicted octanol–water partition coefficient (Wildman–Crippen LogP) is 1.76. The SMILES string of the molecule is CC(C)n1cc(CNc2cccc3c2C(=O)N(C2CCC(=O)CC2=O)C3=O)nn1. The number of rotatable bonds is 5. The number of aromatic nitrogens is 3. The van der Waals surface area contributed by atoms with Crippen LogP contribution in [0.5, 0.6) is 0 Å². The zero-order valence-electron chi connectivity index (χ0n) is 16.2. The van der Waals surface area contributed by atoms with Crippen LogP contribution in [0.1, 0.15) is 65.6 Å². The lowest BCUT2D eigenvalue weighted by atomic mass is 9.92. The van der Waals surface area contributed by atoms with Crippen molar-refractivity contribution < 1.29 is 19.2 Å². The smallest absolute Gasteiger partial charge is 0.264 e. The van der Waals surface area contributed by atoms with Gasteiger partial charge in [0.2, 0.25) is 0 Å². The summed E-state index contributed by atoms with van der Waals surface area (Å²) in [6, 6.07) is 4.29.